The summed E-state index contributed by atoms with van der Waals surface area (Å²) in [7, 11) is 1.63. The summed E-state index contributed by atoms with van der Waals surface area (Å²) in [6.07, 6.45) is 3.96. The van der Waals surface area contributed by atoms with Gasteiger partial charge in [0, 0.05) is 24.4 Å². The van der Waals surface area contributed by atoms with Crippen LogP contribution in [0.5, 0.6) is 0 Å². The first-order valence-corrected chi connectivity index (χ1v) is 9.52. The van der Waals surface area contributed by atoms with Gasteiger partial charge < -0.3 is 15.0 Å². The van der Waals surface area contributed by atoms with Crippen molar-refractivity contribution in [1.82, 2.24) is 9.78 Å². The van der Waals surface area contributed by atoms with Crippen LogP contribution in [0.1, 0.15) is 52.7 Å². The highest BCUT2D eigenvalue weighted by Crippen LogP contribution is 2.12. The Bertz CT molecular complexity index is 792. The van der Waals surface area contributed by atoms with Crippen LogP contribution in [0.3, 0.4) is 0 Å². The van der Waals surface area contributed by atoms with Crippen molar-refractivity contribution < 1.29 is 19.2 Å². The highest BCUT2D eigenvalue weighted by molar-refractivity contribution is 6.04. The molecular weight excluding hydrogens is 344 g/mol. The zero-order valence-corrected chi connectivity index (χ0v) is 16.0. The molecule has 1 aliphatic rings. The maximum atomic E-state index is 12.5. The van der Waals surface area contributed by atoms with Crippen molar-refractivity contribution >= 4 is 17.6 Å². The number of carbonyl (C=O) groups is 2. The standard InChI is InChI=1S/C20H26N4O3/c1-3-27-20(26)17-13-18(23(2)22-17)19(25)21-16-9-7-15(8-10-16)14-24-11-5-4-6-12-24/h7-10,13H,3-6,11-12,14H2,1-2H3,(H,21,25)/p+1. The molecule has 7 heteroatoms. The number of benzene rings is 1. The lowest BCUT2D eigenvalue weighted by atomic mass is 10.1. The van der Waals surface area contributed by atoms with Gasteiger partial charge in [0.2, 0.25) is 0 Å². The monoisotopic (exact) mass is 371 g/mol. The number of nitrogens with zero attached hydrogens (tertiary/aromatic N) is 2. The van der Waals surface area contributed by atoms with Gasteiger partial charge in [0.15, 0.2) is 5.69 Å². The SMILES string of the molecule is CCOC(=O)c1cc(C(=O)Nc2ccc(C[NH+]3CCCCC3)cc2)n(C)n1. The van der Waals surface area contributed by atoms with Crippen LogP contribution >= 0.6 is 0 Å². The van der Waals surface area contributed by atoms with Crippen molar-refractivity contribution in [2.75, 3.05) is 25.0 Å². The van der Waals surface area contributed by atoms with Gasteiger partial charge in [0.25, 0.3) is 5.91 Å². The van der Waals surface area contributed by atoms with Gasteiger partial charge in [-0.3, -0.25) is 9.48 Å². The number of aromatic nitrogens is 2. The third-order valence-corrected chi connectivity index (χ3v) is 4.82. The number of ether oxygens (including phenoxy) is 1. The Morgan fingerprint density at radius 2 is 1.89 bits per heavy atom. The first-order chi connectivity index (χ1) is 13.1. The maximum absolute atomic E-state index is 12.5. The average Bonchev–Trinajstić information content (AvgIpc) is 3.06. The van der Waals surface area contributed by atoms with Crippen molar-refractivity contribution in [3.05, 3.63) is 47.3 Å². The van der Waals surface area contributed by atoms with Gasteiger partial charge in [0.1, 0.15) is 12.2 Å². The van der Waals surface area contributed by atoms with Crippen molar-refractivity contribution in [3.8, 4) is 0 Å². The Kier molecular flexibility index (Phi) is 6.24. The second-order valence-electron chi connectivity index (χ2n) is 6.90. The summed E-state index contributed by atoms with van der Waals surface area (Å²) >= 11 is 0. The van der Waals surface area contributed by atoms with Gasteiger partial charge in [0.05, 0.1) is 19.7 Å². The molecule has 1 aromatic carbocycles. The number of nitrogens with one attached hydrogen (secondary N) is 2. The molecule has 0 atom stereocenters. The van der Waals surface area contributed by atoms with E-state index in [0.29, 0.717) is 5.69 Å². The summed E-state index contributed by atoms with van der Waals surface area (Å²) < 4.78 is 6.31. The third kappa shape index (κ3) is 4.95. The Morgan fingerprint density at radius 3 is 2.56 bits per heavy atom. The molecule has 0 saturated carbocycles. The van der Waals surface area contributed by atoms with E-state index in [-0.39, 0.29) is 18.2 Å². The quantitative estimate of drug-likeness (QED) is 0.753. The Balaban J connectivity index is 1.61. The van der Waals surface area contributed by atoms with Gasteiger partial charge in [-0.2, -0.15) is 5.10 Å². The second-order valence-corrected chi connectivity index (χ2v) is 6.90. The van der Waals surface area contributed by atoms with Gasteiger partial charge in [-0.15, -0.1) is 0 Å². The van der Waals surface area contributed by atoms with Crippen LogP contribution in [0.4, 0.5) is 5.69 Å². The predicted octanol–water partition coefficient (Wildman–Crippen LogP) is 1.42. The topological polar surface area (TPSA) is 77.7 Å². The highest BCUT2D eigenvalue weighted by Gasteiger charge is 2.19. The number of quaternary nitrogens is 1. The Morgan fingerprint density at radius 1 is 1.19 bits per heavy atom. The van der Waals surface area contributed by atoms with Crippen molar-refractivity contribution in [1.29, 1.82) is 0 Å². The van der Waals surface area contributed by atoms with E-state index < -0.39 is 5.97 Å². The molecule has 2 aromatic rings. The molecule has 1 fully saturated rings. The molecule has 1 saturated heterocycles. The highest BCUT2D eigenvalue weighted by atomic mass is 16.5. The molecule has 0 spiro atoms. The average molecular weight is 371 g/mol. The molecule has 1 amide bonds. The molecule has 0 radical (unpaired) electrons. The van der Waals surface area contributed by atoms with Crippen molar-refractivity contribution in [2.24, 2.45) is 7.05 Å². The molecule has 1 aromatic heterocycles. The fourth-order valence-corrected chi connectivity index (χ4v) is 3.40. The number of likely N-dealkylation sites (tertiary alicyclic amines) is 1. The molecular formula is C20H27N4O3+. The van der Waals surface area contributed by atoms with Gasteiger partial charge in [-0.1, -0.05) is 12.1 Å². The van der Waals surface area contributed by atoms with Crippen LogP contribution < -0.4 is 10.2 Å². The van der Waals surface area contributed by atoms with Crippen LogP contribution in [0.15, 0.2) is 30.3 Å². The van der Waals surface area contributed by atoms with Gasteiger partial charge >= 0.3 is 5.97 Å². The van der Waals surface area contributed by atoms with Crippen LogP contribution in [-0.2, 0) is 18.3 Å². The van der Waals surface area contributed by atoms with E-state index in [1.54, 1.807) is 18.9 Å². The van der Waals surface area contributed by atoms with Gasteiger partial charge in [-0.05, 0) is 38.3 Å². The summed E-state index contributed by atoms with van der Waals surface area (Å²) in [5, 5.41) is 6.90. The summed E-state index contributed by atoms with van der Waals surface area (Å²) in [4.78, 5) is 25.9. The summed E-state index contributed by atoms with van der Waals surface area (Å²) in [6.45, 7) is 5.50. The third-order valence-electron chi connectivity index (χ3n) is 4.82. The molecule has 2 N–H and O–H groups in total. The van der Waals surface area contributed by atoms with Crippen LogP contribution in [-0.4, -0.2) is 41.4 Å². The Hall–Kier alpha value is -2.67. The summed E-state index contributed by atoms with van der Waals surface area (Å²) in [6, 6.07) is 9.40. The fourth-order valence-electron chi connectivity index (χ4n) is 3.40. The number of esters is 1. The molecule has 0 unspecified atom stereocenters. The number of rotatable bonds is 6. The second kappa shape index (κ2) is 8.81. The first-order valence-electron chi connectivity index (χ1n) is 9.52. The van der Waals surface area contributed by atoms with Crippen LogP contribution in [0.25, 0.3) is 0 Å². The van der Waals surface area contributed by atoms with E-state index in [9.17, 15) is 9.59 Å². The zero-order valence-electron chi connectivity index (χ0n) is 16.0. The number of aryl methyl sites for hydroxylation is 1. The first kappa shape index (κ1) is 19.1. The van der Waals surface area contributed by atoms with E-state index in [4.69, 9.17) is 4.74 Å². The van der Waals surface area contributed by atoms with E-state index >= 15 is 0 Å². The minimum Gasteiger partial charge on any atom is -0.461 e. The number of anilines is 1. The lowest BCUT2D eigenvalue weighted by Crippen LogP contribution is -3.11. The number of hydrogen-bond donors (Lipinski definition) is 2. The largest absolute Gasteiger partial charge is 0.461 e. The lowest BCUT2D eigenvalue weighted by molar-refractivity contribution is -0.918. The van der Waals surface area contributed by atoms with Crippen molar-refractivity contribution in [2.45, 2.75) is 32.7 Å². The molecule has 3 rings (SSSR count). The molecule has 0 aliphatic carbocycles. The molecule has 0 bridgehead atoms. The predicted molar refractivity (Wildman–Crippen MR) is 102 cm³/mol. The molecule has 144 valence electrons. The van der Waals surface area contributed by atoms with Gasteiger partial charge in [-0.25, -0.2) is 4.79 Å². The minimum atomic E-state index is -0.531. The molecule has 27 heavy (non-hydrogen) atoms. The van der Waals surface area contributed by atoms with E-state index in [0.717, 1.165) is 12.2 Å². The van der Waals surface area contributed by atoms with E-state index in [2.05, 4.69) is 22.5 Å². The smallest absolute Gasteiger partial charge is 0.358 e. The van der Waals surface area contributed by atoms with Crippen molar-refractivity contribution in [3.63, 3.8) is 0 Å². The molecule has 2 heterocycles. The Labute approximate surface area is 159 Å². The molecule has 7 nitrogen and oxygen atoms in total. The number of amides is 1. The zero-order chi connectivity index (χ0) is 19.2. The van der Waals surface area contributed by atoms with E-state index in [1.165, 1.54) is 48.7 Å². The number of carbonyl (C=O) groups excluding carboxylic acids is 2. The maximum Gasteiger partial charge on any atom is 0.358 e. The molecule has 1 aliphatic heterocycles. The van der Waals surface area contributed by atoms with E-state index in [1.807, 2.05) is 12.1 Å². The lowest BCUT2D eigenvalue weighted by Gasteiger charge is -2.23. The normalized spacial score (nSPS) is 14.7. The summed E-state index contributed by atoms with van der Waals surface area (Å²) in [5.74, 6) is -0.841. The minimum absolute atomic E-state index is 0.129. The fraction of sp³-hybridized carbons (Fsp3) is 0.450. The van der Waals surface area contributed by atoms with Crippen LogP contribution in [0, 0.1) is 0 Å². The number of piperidine rings is 1. The summed E-state index contributed by atoms with van der Waals surface area (Å²) in [5.41, 5.74) is 2.43. The van der Waals surface area contributed by atoms with Crippen LogP contribution in [0.2, 0.25) is 0 Å². The number of hydrogen-bond acceptors (Lipinski definition) is 4.